The van der Waals surface area contributed by atoms with Crippen molar-refractivity contribution < 1.29 is 14.6 Å². The smallest absolute Gasteiger partial charge is 0.305 e. The maximum Gasteiger partial charge on any atom is 0.305 e. The number of carbonyl (C=O) groups excluding carboxylic acids is 1. The molecule has 0 aromatic heterocycles. The van der Waals surface area contributed by atoms with Crippen LogP contribution in [0.25, 0.3) is 0 Å². The molecular formula is C25H40O3. The van der Waals surface area contributed by atoms with Crippen molar-refractivity contribution >= 4 is 5.97 Å². The fourth-order valence-corrected chi connectivity index (χ4v) is 8.27. The monoisotopic (exact) mass is 388 g/mol. The minimum atomic E-state index is -0.115. The molecule has 0 radical (unpaired) electrons. The second-order valence-electron chi connectivity index (χ2n) is 11.0. The molecule has 0 amide bonds. The number of ether oxygens (including phenoxy) is 1. The van der Waals surface area contributed by atoms with Crippen molar-refractivity contribution in [1.29, 1.82) is 0 Å². The number of carbonyl (C=O) groups is 1. The topological polar surface area (TPSA) is 46.5 Å². The van der Waals surface area contributed by atoms with Crippen molar-refractivity contribution in [2.24, 2.45) is 40.4 Å². The number of methoxy groups -OCH3 is 1. The first-order valence-corrected chi connectivity index (χ1v) is 11.7. The SMILES string of the molecule is COC(=O)CC[C@@H](C)C1CCC2C3CC=C4CC(O)CCC4(C)C3CCC21C. The van der Waals surface area contributed by atoms with Gasteiger partial charge in [0.2, 0.25) is 0 Å². The molecule has 0 saturated heterocycles. The minimum absolute atomic E-state index is 0.0624. The van der Waals surface area contributed by atoms with E-state index in [2.05, 4.69) is 26.8 Å². The van der Waals surface area contributed by atoms with Crippen LogP contribution < -0.4 is 0 Å². The van der Waals surface area contributed by atoms with Crippen molar-refractivity contribution in [2.75, 3.05) is 7.11 Å². The highest BCUT2D eigenvalue weighted by Crippen LogP contribution is 2.67. The van der Waals surface area contributed by atoms with E-state index in [4.69, 9.17) is 4.74 Å². The lowest BCUT2D eigenvalue weighted by molar-refractivity contribution is -0.141. The maximum atomic E-state index is 11.6. The molecule has 158 valence electrons. The molecule has 0 heterocycles. The van der Waals surface area contributed by atoms with Crippen molar-refractivity contribution in [3.05, 3.63) is 11.6 Å². The number of hydrogen-bond donors (Lipinski definition) is 1. The summed E-state index contributed by atoms with van der Waals surface area (Å²) < 4.78 is 4.87. The zero-order chi connectivity index (χ0) is 20.1. The van der Waals surface area contributed by atoms with Crippen LogP contribution in [-0.4, -0.2) is 24.3 Å². The van der Waals surface area contributed by atoms with Gasteiger partial charge >= 0.3 is 5.97 Å². The molecule has 7 unspecified atom stereocenters. The van der Waals surface area contributed by atoms with E-state index in [9.17, 15) is 9.90 Å². The first-order valence-electron chi connectivity index (χ1n) is 11.7. The van der Waals surface area contributed by atoms with E-state index < -0.39 is 0 Å². The molecular weight excluding hydrogens is 348 g/mol. The average molecular weight is 389 g/mol. The van der Waals surface area contributed by atoms with E-state index in [1.165, 1.54) is 45.6 Å². The van der Waals surface area contributed by atoms with Crippen LogP contribution in [0, 0.1) is 40.4 Å². The molecule has 8 atom stereocenters. The van der Waals surface area contributed by atoms with Gasteiger partial charge in [0.1, 0.15) is 0 Å². The Kier molecular flexibility index (Phi) is 5.44. The van der Waals surface area contributed by atoms with Crippen molar-refractivity contribution in [3.8, 4) is 0 Å². The molecule has 0 aliphatic heterocycles. The number of hydrogen-bond acceptors (Lipinski definition) is 3. The Morgan fingerprint density at radius 1 is 1.21 bits per heavy atom. The summed E-state index contributed by atoms with van der Waals surface area (Å²) in [5.74, 6) is 3.74. The third-order valence-electron chi connectivity index (χ3n) is 9.87. The van der Waals surface area contributed by atoms with Gasteiger partial charge in [-0.1, -0.05) is 32.4 Å². The van der Waals surface area contributed by atoms with Gasteiger partial charge in [0.15, 0.2) is 0 Å². The van der Waals surface area contributed by atoms with E-state index in [1.54, 1.807) is 5.57 Å². The Labute approximate surface area is 171 Å². The molecule has 3 saturated carbocycles. The largest absolute Gasteiger partial charge is 0.469 e. The molecule has 3 nitrogen and oxygen atoms in total. The van der Waals surface area contributed by atoms with E-state index >= 15 is 0 Å². The highest BCUT2D eigenvalue weighted by Gasteiger charge is 2.59. The van der Waals surface area contributed by atoms with Gasteiger partial charge in [-0.05, 0) is 98.2 Å². The first kappa shape index (κ1) is 20.4. The van der Waals surface area contributed by atoms with Crippen LogP contribution in [0.2, 0.25) is 0 Å². The number of aliphatic hydroxyl groups is 1. The molecule has 4 aliphatic carbocycles. The van der Waals surface area contributed by atoms with Gasteiger partial charge in [0.05, 0.1) is 13.2 Å². The van der Waals surface area contributed by atoms with Crippen LogP contribution in [0.1, 0.15) is 85.0 Å². The summed E-state index contributed by atoms with van der Waals surface area (Å²) in [6.45, 7) is 7.46. The summed E-state index contributed by atoms with van der Waals surface area (Å²) in [5.41, 5.74) is 2.34. The molecule has 3 fully saturated rings. The Hall–Kier alpha value is -0.830. The van der Waals surface area contributed by atoms with Gasteiger partial charge in [-0.25, -0.2) is 0 Å². The number of fused-ring (bicyclic) bond motifs is 5. The van der Waals surface area contributed by atoms with E-state index in [1.807, 2.05) is 0 Å². The predicted molar refractivity (Wildman–Crippen MR) is 112 cm³/mol. The second-order valence-corrected chi connectivity index (χ2v) is 11.0. The standard InChI is InChI=1S/C25H40O3/c1-16(5-10-23(27)28-4)20-8-9-21-19-7-6-17-15-18(26)11-13-24(17,2)22(19)12-14-25(20,21)3/h6,16,18-22,26H,5,7-15H2,1-4H3/t16-,18?,19?,20?,21?,22?,24?,25?/m1/s1. The van der Waals surface area contributed by atoms with Crippen LogP contribution in [0.5, 0.6) is 0 Å². The minimum Gasteiger partial charge on any atom is -0.469 e. The Bertz CT molecular complexity index is 640. The normalized spacial score (nSPS) is 46.0. The van der Waals surface area contributed by atoms with Gasteiger partial charge in [-0.2, -0.15) is 0 Å². The number of rotatable bonds is 4. The Balaban J connectivity index is 1.51. The second kappa shape index (κ2) is 7.45. The van der Waals surface area contributed by atoms with Crippen LogP contribution in [0.15, 0.2) is 11.6 Å². The highest BCUT2D eigenvalue weighted by molar-refractivity contribution is 5.69. The molecule has 4 rings (SSSR count). The molecule has 0 aromatic rings. The van der Waals surface area contributed by atoms with E-state index in [0.29, 0.717) is 23.2 Å². The van der Waals surface area contributed by atoms with Gasteiger partial charge in [-0.3, -0.25) is 4.79 Å². The van der Waals surface area contributed by atoms with Gasteiger partial charge in [0, 0.05) is 6.42 Å². The van der Waals surface area contributed by atoms with Crippen molar-refractivity contribution in [1.82, 2.24) is 0 Å². The average Bonchev–Trinajstić information content (AvgIpc) is 3.03. The van der Waals surface area contributed by atoms with Crippen LogP contribution >= 0.6 is 0 Å². The Morgan fingerprint density at radius 3 is 2.75 bits per heavy atom. The van der Waals surface area contributed by atoms with Crippen molar-refractivity contribution in [2.45, 2.75) is 91.1 Å². The van der Waals surface area contributed by atoms with Crippen LogP contribution in [-0.2, 0) is 9.53 Å². The first-order chi connectivity index (χ1) is 13.3. The molecule has 1 N–H and O–H groups in total. The maximum absolute atomic E-state index is 11.6. The van der Waals surface area contributed by atoms with E-state index in [0.717, 1.165) is 42.9 Å². The molecule has 4 aliphatic rings. The zero-order valence-electron chi connectivity index (χ0n) is 18.4. The summed E-state index contributed by atoms with van der Waals surface area (Å²) in [5, 5.41) is 10.2. The predicted octanol–water partition coefficient (Wildman–Crippen LogP) is 5.52. The van der Waals surface area contributed by atoms with Crippen molar-refractivity contribution in [3.63, 3.8) is 0 Å². The highest BCUT2D eigenvalue weighted by atomic mass is 16.5. The lowest BCUT2D eigenvalue weighted by Crippen LogP contribution is -2.50. The van der Waals surface area contributed by atoms with Crippen LogP contribution in [0.3, 0.4) is 0 Å². The number of allylic oxidation sites excluding steroid dienone is 1. The molecule has 28 heavy (non-hydrogen) atoms. The van der Waals surface area contributed by atoms with E-state index in [-0.39, 0.29) is 12.1 Å². The van der Waals surface area contributed by atoms with Gasteiger partial charge in [-0.15, -0.1) is 0 Å². The molecule has 0 bridgehead atoms. The fourth-order valence-electron chi connectivity index (χ4n) is 8.27. The molecule has 0 aromatic carbocycles. The summed E-state index contributed by atoms with van der Waals surface area (Å²) in [4.78, 5) is 11.6. The number of esters is 1. The zero-order valence-corrected chi connectivity index (χ0v) is 18.4. The fraction of sp³-hybridized carbons (Fsp3) is 0.880. The third-order valence-corrected chi connectivity index (χ3v) is 9.87. The van der Waals surface area contributed by atoms with Crippen LogP contribution in [0.4, 0.5) is 0 Å². The third kappa shape index (κ3) is 3.16. The lowest BCUT2D eigenvalue weighted by Gasteiger charge is -2.58. The summed E-state index contributed by atoms with van der Waals surface area (Å²) in [6.07, 6.45) is 13.6. The van der Waals surface area contributed by atoms with Gasteiger partial charge < -0.3 is 9.84 Å². The number of aliphatic hydroxyl groups excluding tert-OH is 1. The quantitative estimate of drug-likeness (QED) is 0.510. The Morgan fingerprint density at radius 2 is 2.00 bits per heavy atom. The summed E-state index contributed by atoms with van der Waals surface area (Å²) in [6, 6.07) is 0. The lowest BCUT2D eigenvalue weighted by atomic mass is 9.47. The summed E-state index contributed by atoms with van der Waals surface area (Å²) in [7, 11) is 1.50. The molecule has 0 spiro atoms. The summed E-state index contributed by atoms with van der Waals surface area (Å²) >= 11 is 0. The van der Waals surface area contributed by atoms with Gasteiger partial charge in [0.25, 0.3) is 0 Å². The molecule has 3 heteroatoms.